The Bertz CT molecular complexity index is 1460. The largest absolute Gasteiger partial charge is 1.00 e. The number of benzene rings is 2. The van der Waals surface area contributed by atoms with Gasteiger partial charge in [-0.05, 0) is 44.4 Å². The normalized spacial score (nSPS) is 26.1. The number of hydrogen-bond donors (Lipinski definition) is 1. The first kappa shape index (κ1) is 24.1. The van der Waals surface area contributed by atoms with Gasteiger partial charge in [-0.1, -0.05) is 24.3 Å². The minimum absolute atomic E-state index is 0. The number of amides is 1. The number of carbonyl (C=O) groups excluding carboxylic acids is 2. The molecular weight excluding hydrogens is 461 g/mol. The van der Waals surface area contributed by atoms with Gasteiger partial charge in [-0.3, -0.25) is 4.79 Å². The number of aliphatic carboxylic acids is 1. The van der Waals surface area contributed by atoms with Crippen molar-refractivity contribution in [2.45, 2.75) is 44.4 Å². The summed E-state index contributed by atoms with van der Waals surface area (Å²) in [6, 6.07) is 11.9. The van der Waals surface area contributed by atoms with E-state index in [2.05, 4.69) is 0 Å². The Labute approximate surface area is 222 Å². The molecule has 1 saturated heterocycles. The number of aliphatic hydroxyl groups excluding tert-OH is 1. The summed E-state index contributed by atoms with van der Waals surface area (Å²) in [5.74, 6) is -2.22. The number of carbonyl (C=O) groups is 2. The van der Waals surface area contributed by atoms with Crippen LogP contribution < -0.4 is 45.0 Å². The number of nitrogens with zero attached hydrogens (tertiary/aromatic N) is 1. The van der Waals surface area contributed by atoms with Crippen molar-refractivity contribution < 1.29 is 58.5 Å². The Hall–Kier alpha value is -2.65. The molecule has 0 bridgehead atoms. The van der Waals surface area contributed by atoms with E-state index < -0.39 is 41.7 Å². The fraction of sp³-hybridized carbons (Fsp3) is 0.346. The Morgan fingerprint density at radius 2 is 1.89 bits per heavy atom. The minimum atomic E-state index is -1.42. The zero-order chi connectivity index (χ0) is 23.7. The quantitative estimate of drug-likeness (QED) is 0.213. The van der Waals surface area contributed by atoms with Crippen LogP contribution in [0.5, 0.6) is 5.75 Å². The molecule has 5 unspecified atom stereocenters. The number of aliphatic hydroxyl groups is 1. The molecule has 3 aromatic rings. The standard InChI is InChI=1S/C26H23NO7.Na/c1-12(28)19-22-14-7-4-11-18(21(14)23(25(30)31)27(22)24(19)29)33-17-10-5-8-15-20(17)13-6-2-3-9-16(13)34-26(15)32;/h2-3,5-6,8-10,12,14,18-19,22,28H,4,7,11H2,1H3,(H,30,31);/q;+1/p-1. The van der Waals surface area contributed by atoms with Gasteiger partial charge < -0.3 is 29.1 Å². The zero-order valence-electron chi connectivity index (χ0n) is 19.4. The van der Waals surface area contributed by atoms with Crippen LogP contribution in [0.3, 0.4) is 0 Å². The molecule has 6 rings (SSSR count). The van der Waals surface area contributed by atoms with Crippen LogP contribution in [-0.4, -0.2) is 40.1 Å². The Morgan fingerprint density at radius 1 is 1.14 bits per heavy atom. The molecule has 2 aromatic carbocycles. The summed E-state index contributed by atoms with van der Waals surface area (Å²) in [7, 11) is 0. The number of hydrogen-bond acceptors (Lipinski definition) is 7. The van der Waals surface area contributed by atoms with Crippen molar-refractivity contribution in [1.29, 1.82) is 0 Å². The van der Waals surface area contributed by atoms with E-state index >= 15 is 0 Å². The number of para-hydroxylation sites is 1. The van der Waals surface area contributed by atoms with E-state index in [4.69, 9.17) is 9.15 Å². The summed E-state index contributed by atoms with van der Waals surface area (Å²) < 4.78 is 11.9. The molecule has 8 nitrogen and oxygen atoms in total. The van der Waals surface area contributed by atoms with Crippen molar-refractivity contribution in [3.05, 3.63) is 64.2 Å². The first-order valence-electron chi connectivity index (χ1n) is 11.5. The SMILES string of the molecule is CC(O)C1C(=O)N2C(C(=O)[O-])=C3C(Oc4cccc5c(=O)oc6ccccc6c45)CCCC3C12.[Na+]. The van der Waals surface area contributed by atoms with Crippen LogP contribution in [0.25, 0.3) is 21.7 Å². The van der Waals surface area contributed by atoms with E-state index in [0.29, 0.717) is 45.9 Å². The van der Waals surface area contributed by atoms with Crippen LogP contribution in [-0.2, 0) is 9.59 Å². The second kappa shape index (κ2) is 8.78. The topological polar surface area (TPSA) is 120 Å². The smallest absolute Gasteiger partial charge is 0.543 e. The van der Waals surface area contributed by atoms with Gasteiger partial charge >= 0.3 is 35.2 Å². The van der Waals surface area contributed by atoms with Crippen molar-refractivity contribution in [2.75, 3.05) is 0 Å². The van der Waals surface area contributed by atoms with Gasteiger partial charge in [-0.2, -0.15) is 0 Å². The van der Waals surface area contributed by atoms with Crippen molar-refractivity contribution in [3.8, 4) is 5.75 Å². The summed E-state index contributed by atoms with van der Waals surface area (Å²) in [6.45, 7) is 1.56. The molecule has 1 amide bonds. The predicted molar refractivity (Wildman–Crippen MR) is 120 cm³/mol. The molecule has 1 N–H and O–H groups in total. The Kier molecular flexibility index (Phi) is 6.04. The van der Waals surface area contributed by atoms with E-state index in [-0.39, 0.29) is 41.2 Å². The molecule has 5 atom stereocenters. The van der Waals surface area contributed by atoms with E-state index in [9.17, 15) is 24.6 Å². The zero-order valence-corrected chi connectivity index (χ0v) is 21.4. The van der Waals surface area contributed by atoms with Gasteiger partial charge in [-0.15, -0.1) is 0 Å². The van der Waals surface area contributed by atoms with Crippen LogP contribution >= 0.6 is 0 Å². The molecule has 35 heavy (non-hydrogen) atoms. The fourth-order valence-electron chi connectivity index (χ4n) is 6.09. The Balaban J connectivity index is 0.00000253. The van der Waals surface area contributed by atoms with E-state index in [0.717, 1.165) is 6.42 Å². The molecule has 0 spiro atoms. The van der Waals surface area contributed by atoms with Crippen molar-refractivity contribution >= 4 is 33.6 Å². The van der Waals surface area contributed by atoms with E-state index in [1.165, 1.54) is 4.90 Å². The van der Waals surface area contributed by atoms with Crippen LogP contribution in [0.1, 0.15) is 26.2 Å². The summed E-state index contributed by atoms with van der Waals surface area (Å²) in [5, 5.41) is 24.0. The van der Waals surface area contributed by atoms with Gasteiger partial charge in [0, 0.05) is 22.3 Å². The fourth-order valence-corrected chi connectivity index (χ4v) is 6.09. The molecule has 3 heterocycles. The third-order valence-electron chi connectivity index (χ3n) is 7.43. The molecule has 1 saturated carbocycles. The summed E-state index contributed by atoms with van der Waals surface area (Å²) in [5.41, 5.74) is 0.358. The first-order valence-corrected chi connectivity index (χ1v) is 11.5. The van der Waals surface area contributed by atoms with Crippen LogP contribution in [0.15, 0.2) is 62.9 Å². The maximum Gasteiger partial charge on any atom is 1.00 e. The van der Waals surface area contributed by atoms with Crippen LogP contribution in [0.2, 0.25) is 0 Å². The van der Waals surface area contributed by atoms with Gasteiger partial charge in [0.15, 0.2) is 0 Å². The monoisotopic (exact) mass is 483 g/mol. The first-order chi connectivity index (χ1) is 16.4. The average molecular weight is 483 g/mol. The molecular formula is C26H22NNaO7. The minimum Gasteiger partial charge on any atom is -0.543 e. The second-order valence-corrected chi connectivity index (χ2v) is 9.26. The van der Waals surface area contributed by atoms with Gasteiger partial charge in [0.2, 0.25) is 5.91 Å². The van der Waals surface area contributed by atoms with E-state index in [1.54, 1.807) is 37.3 Å². The van der Waals surface area contributed by atoms with Crippen LogP contribution in [0.4, 0.5) is 0 Å². The molecule has 0 radical (unpaired) electrons. The predicted octanol–water partition coefficient (Wildman–Crippen LogP) is -1.28. The van der Waals surface area contributed by atoms with Gasteiger partial charge in [0.1, 0.15) is 17.4 Å². The van der Waals surface area contributed by atoms with Crippen molar-refractivity contribution in [2.24, 2.45) is 11.8 Å². The maximum atomic E-state index is 12.7. The third-order valence-corrected chi connectivity index (χ3v) is 7.43. The summed E-state index contributed by atoms with van der Waals surface area (Å²) in [6.07, 6.45) is 0.563. The van der Waals surface area contributed by atoms with Gasteiger partial charge in [-0.25, -0.2) is 4.79 Å². The van der Waals surface area contributed by atoms with Gasteiger partial charge in [0.05, 0.1) is 35.1 Å². The van der Waals surface area contributed by atoms with Gasteiger partial charge in [0.25, 0.3) is 0 Å². The molecule has 1 aromatic heterocycles. The number of ether oxygens (including phenoxy) is 1. The summed E-state index contributed by atoms with van der Waals surface area (Å²) in [4.78, 5) is 38.8. The third kappa shape index (κ3) is 3.46. The number of fused-ring (bicyclic) bond motifs is 6. The van der Waals surface area contributed by atoms with Crippen molar-refractivity contribution in [3.63, 3.8) is 0 Å². The molecule has 9 heteroatoms. The van der Waals surface area contributed by atoms with Crippen molar-refractivity contribution in [1.82, 2.24) is 4.90 Å². The second-order valence-electron chi connectivity index (χ2n) is 9.26. The average Bonchev–Trinajstić information content (AvgIpc) is 3.11. The number of carboxylic acids is 1. The number of carboxylic acid groups (broad SMARTS) is 1. The maximum absolute atomic E-state index is 12.7. The molecule has 2 aliphatic heterocycles. The van der Waals surface area contributed by atoms with E-state index in [1.807, 2.05) is 12.1 Å². The number of rotatable bonds is 4. The molecule has 2 fully saturated rings. The summed E-state index contributed by atoms with van der Waals surface area (Å²) >= 11 is 0. The number of β-lactam (4-membered cyclic amide) rings is 1. The Morgan fingerprint density at radius 3 is 2.63 bits per heavy atom. The molecule has 1 aliphatic carbocycles. The van der Waals surface area contributed by atoms with Crippen LogP contribution in [0, 0.1) is 11.8 Å². The molecule has 174 valence electrons. The molecule has 3 aliphatic rings.